The minimum atomic E-state index is -0.343. The molecule has 2 nitrogen and oxygen atoms in total. The number of ether oxygens (including phenoxy) is 1. The fourth-order valence-corrected chi connectivity index (χ4v) is 2.08. The highest BCUT2D eigenvalue weighted by Gasteiger charge is 2.12. The first-order chi connectivity index (χ1) is 7.58. The number of rotatable bonds is 4. The van der Waals surface area contributed by atoms with Crippen LogP contribution in [0.15, 0.2) is 12.1 Å². The standard InChI is InChI=1S/C11H11Cl3O2/c1-2-16-11(15)5-8-9(13)3-7(6-12)4-10(8)14/h3-4H,2,5-6H2,1H3. The van der Waals surface area contributed by atoms with Gasteiger partial charge in [-0.05, 0) is 24.6 Å². The van der Waals surface area contributed by atoms with Gasteiger partial charge in [0.05, 0.1) is 13.0 Å². The molecule has 0 atom stereocenters. The van der Waals surface area contributed by atoms with Crippen molar-refractivity contribution in [3.63, 3.8) is 0 Å². The molecule has 1 aromatic carbocycles. The van der Waals surface area contributed by atoms with Crippen LogP contribution in [0.25, 0.3) is 0 Å². The highest BCUT2D eigenvalue weighted by Crippen LogP contribution is 2.28. The Morgan fingerprint density at radius 3 is 2.31 bits per heavy atom. The number of hydrogen-bond acceptors (Lipinski definition) is 2. The molecular weight excluding hydrogens is 270 g/mol. The molecule has 0 N–H and O–H groups in total. The molecule has 0 aromatic heterocycles. The molecule has 1 aromatic rings. The molecule has 1 rings (SSSR count). The van der Waals surface area contributed by atoms with E-state index in [1.165, 1.54) is 0 Å². The van der Waals surface area contributed by atoms with Crippen molar-refractivity contribution in [2.24, 2.45) is 0 Å². The van der Waals surface area contributed by atoms with Gasteiger partial charge >= 0.3 is 5.97 Å². The van der Waals surface area contributed by atoms with Crippen LogP contribution in [0.5, 0.6) is 0 Å². The molecule has 0 bridgehead atoms. The van der Waals surface area contributed by atoms with Gasteiger partial charge < -0.3 is 4.74 Å². The number of halogens is 3. The molecule has 0 aliphatic carbocycles. The lowest BCUT2D eigenvalue weighted by atomic mass is 10.1. The molecule has 0 spiro atoms. The Morgan fingerprint density at radius 1 is 1.31 bits per heavy atom. The first kappa shape index (κ1) is 13.6. The van der Waals surface area contributed by atoms with E-state index >= 15 is 0 Å². The maximum Gasteiger partial charge on any atom is 0.310 e. The normalized spacial score (nSPS) is 10.2. The monoisotopic (exact) mass is 280 g/mol. The van der Waals surface area contributed by atoms with Crippen molar-refractivity contribution in [3.05, 3.63) is 33.3 Å². The lowest BCUT2D eigenvalue weighted by molar-refractivity contribution is -0.142. The summed E-state index contributed by atoms with van der Waals surface area (Å²) in [5, 5.41) is 0.882. The van der Waals surface area contributed by atoms with Crippen LogP contribution in [0.4, 0.5) is 0 Å². The van der Waals surface area contributed by atoms with Crippen LogP contribution in [0, 0.1) is 0 Å². The smallest absolute Gasteiger partial charge is 0.310 e. The third-order valence-corrected chi connectivity index (χ3v) is 2.96. The molecule has 0 amide bonds. The summed E-state index contributed by atoms with van der Waals surface area (Å²) in [6.07, 6.45) is 0.0775. The van der Waals surface area contributed by atoms with Gasteiger partial charge in [0.2, 0.25) is 0 Å². The number of hydrogen-bond donors (Lipinski definition) is 0. The molecule has 16 heavy (non-hydrogen) atoms. The zero-order valence-electron chi connectivity index (χ0n) is 8.73. The first-order valence-electron chi connectivity index (χ1n) is 4.76. The summed E-state index contributed by atoms with van der Waals surface area (Å²) in [5.41, 5.74) is 1.40. The van der Waals surface area contributed by atoms with Gasteiger partial charge in [0.1, 0.15) is 0 Å². The van der Waals surface area contributed by atoms with E-state index in [4.69, 9.17) is 39.5 Å². The summed E-state index contributed by atoms with van der Waals surface area (Å²) in [6.45, 7) is 2.09. The van der Waals surface area contributed by atoms with E-state index in [9.17, 15) is 4.79 Å². The van der Waals surface area contributed by atoms with Gasteiger partial charge in [-0.3, -0.25) is 4.79 Å². The summed E-state index contributed by atoms with van der Waals surface area (Å²) in [6, 6.07) is 3.41. The molecule has 0 heterocycles. The number of carbonyl (C=O) groups is 1. The highest BCUT2D eigenvalue weighted by atomic mass is 35.5. The molecule has 0 saturated carbocycles. The van der Waals surface area contributed by atoms with E-state index in [1.807, 2.05) is 0 Å². The SMILES string of the molecule is CCOC(=O)Cc1c(Cl)cc(CCl)cc1Cl. The average Bonchev–Trinajstić information content (AvgIpc) is 2.23. The minimum absolute atomic E-state index is 0.0775. The third-order valence-electron chi connectivity index (χ3n) is 1.98. The van der Waals surface area contributed by atoms with Crippen LogP contribution < -0.4 is 0 Å². The van der Waals surface area contributed by atoms with Crippen molar-refractivity contribution < 1.29 is 9.53 Å². The average molecular weight is 282 g/mol. The number of benzene rings is 1. The second-order valence-corrected chi connectivity index (χ2v) is 4.24. The third kappa shape index (κ3) is 3.55. The van der Waals surface area contributed by atoms with Crippen LogP contribution in [-0.4, -0.2) is 12.6 Å². The van der Waals surface area contributed by atoms with E-state index < -0.39 is 0 Å². The Balaban J connectivity index is 2.92. The molecular formula is C11H11Cl3O2. The number of carbonyl (C=O) groups excluding carboxylic acids is 1. The second-order valence-electron chi connectivity index (χ2n) is 3.15. The number of alkyl halides is 1. The fourth-order valence-electron chi connectivity index (χ4n) is 1.26. The molecule has 0 radical (unpaired) electrons. The van der Waals surface area contributed by atoms with Gasteiger partial charge in [-0.1, -0.05) is 23.2 Å². The first-order valence-corrected chi connectivity index (χ1v) is 6.06. The van der Waals surface area contributed by atoms with Crippen LogP contribution in [-0.2, 0) is 21.8 Å². The van der Waals surface area contributed by atoms with Crippen molar-refractivity contribution >= 4 is 40.8 Å². The van der Waals surface area contributed by atoms with Crippen molar-refractivity contribution in [3.8, 4) is 0 Å². The predicted molar refractivity (Wildman–Crippen MR) is 66.4 cm³/mol. The maximum absolute atomic E-state index is 11.3. The van der Waals surface area contributed by atoms with Gasteiger partial charge in [0.25, 0.3) is 0 Å². The summed E-state index contributed by atoms with van der Waals surface area (Å²) in [7, 11) is 0. The van der Waals surface area contributed by atoms with Crippen LogP contribution in [0.1, 0.15) is 18.1 Å². The Bertz CT molecular complexity index is 368. The lowest BCUT2D eigenvalue weighted by Crippen LogP contribution is -2.08. The van der Waals surface area contributed by atoms with Gasteiger partial charge in [0.15, 0.2) is 0 Å². The van der Waals surface area contributed by atoms with Gasteiger partial charge in [-0.2, -0.15) is 0 Å². The van der Waals surface area contributed by atoms with E-state index in [1.54, 1.807) is 19.1 Å². The second kappa shape index (κ2) is 6.33. The van der Waals surface area contributed by atoms with Gasteiger partial charge in [0, 0.05) is 21.5 Å². The summed E-state index contributed by atoms with van der Waals surface area (Å²) >= 11 is 17.7. The predicted octanol–water partition coefficient (Wildman–Crippen LogP) is 3.84. The Hall–Kier alpha value is -0.440. The summed E-state index contributed by atoms with van der Waals surface area (Å²) < 4.78 is 4.83. The zero-order chi connectivity index (χ0) is 12.1. The van der Waals surface area contributed by atoms with Crippen LogP contribution in [0.3, 0.4) is 0 Å². The van der Waals surface area contributed by atoms with Gasteiger partial charge in [-0.25, -0.2) is 0 Å². The maximum atomic E-state index is 11.3. The quantitative estimate of drug-likeness (QED) is 0.619. The molecule has 5 heteroatoms. The minimum Gasteiger partial charge on any atom is -0.466 e. The fraction of sp³-hybridized carbons (Fsp3) is 0.364. The molecule has 0 aliphatic rings. The van der Waals surface area contributed by atoms with E-state index in [0.717, 1.165) is 5.56 Å². The topological polar surface area (TPSA) is 26.3 Å². The molecule has 0 unspecified atom stereocenters. The van der Waals surface area contributed by atoms with Crippen molar-refractivity contribution in [1.29, 1.82) is 0 Å². The van der Waals surface area contributed by atoms with Gasteiger partial charge in [-0.15, -0.1) is 11.6 Å². The lowest BCUT2D eigenvalue weighted by Gasteiger charge is -2.08. The number of esters is 1. The van der Waals surface area contributed by atoms with Crippen LogP contribution >= 0.6 is 34.8 Å². The van der Waals surface area contributed by atoms with E-state index in [0.29, 0.717) is 28.1 Å². The molecule has 0 aliphatic heterocycles. The van der Waals surface area contributed by atoms with E-state index in [-0.39, 0.29) is 12.4 Å². The Labute approximate surface area is 109 Å². The largest absolute Gasteiger partial charge is 0.466 e. The van der Waals surface area contributed by atoms with E-state index in [2.05, 4.69) is 0 Å². The zero-order valence-corrected chi connectivity index (χ0v) is 11.0. The Kier molecular flexibility index (Phi) is 5.39. The molecule has 0 saturated heterocycles. The molecule has 88 valence electrons. The Morgan fingerprint density at radius 2 is 1.88 bits per heavy atom. The van der Waals surface area contributed by atoms with Crippen molar-refractivity contribution in [1.82, 2.24) is 0 Å². The van der Waals surface area contributed by atoms with Crippen molar-refractivity contribution in [2.75, 3.05) is 6.61 Å². The molecule has 0 fully saturated rings. The highest BCUT2D eigenvalue weighted by molar-refractivity contribution is 6.36. The summed E-state index contributed by atoms with van der Waals surface area (Å²) in [4.78, 5) is 11.3. The summed E-state index contributed by atoms with van der Waals surface area (Å²) in [5.74, 6) is -0.0102. The van der Waals surface area contributed by atoms with Crippen LogP contribution in [0.2, 0.25) is 10.0 Å². The van der Waals surface area contributed by atoms with Crippen molar-refractivity contribution in [2.45, 2.75) is 19.2 Å².